The van der Waals surface area contributed by atoms with Gasteiger partial charge in [-0.25, -0.2) is 4.98 Å². The second-order valence-electron chi connectivity index (χ2n) is 8.93. The predicted molar refractivity (Wildman–Crippen MR) is 138 cm³/mol. The lowest BCUT2D eigenvalue weighted by atomic mass is 10.0. The Bertz CT molecular complexity index is 1240. The van der Waals surface area contributed by atoms with E-state index in [1.807, 2.05) is 61.5 Å². The molecule has 0 aliphatic carbocycles. The van der Waals surface area contributed by atoms with E-state index in [0.717, 1.165) is 41.1 Å². The van der Waals surface area contributed by atoms with Gasteiger partial charge in [0.25, 0.3) is 5.91 Å². The predicted octanol–water partition coefficient (Wildman–Crippen LogP) is 5.91. The fraction of sp³-hybridized carbons (Fsp3) is 0.310. The van der Waals surface area contributed by atoms with Crippen LogP contribution in [0, 0.1) is 6.92 Å². The monoisotopic (exact) mass is 455 g/mol. The topological polar surface area (TPSA) is 56.2 Å². The van der Waals surface area contributed by atoms with Crippen molar-refractivity contribution in [1.29, 1.82) is 0 Å². The Hall–Kier alpha value is -3.60. The molecule has 0 atom stereocenters. The first-order valence-electron chi connectivity index (χ1n) is 12.0. The smallest absolute Gasteiger partial charge is 0.251 e. The summed E-state index contributed by atoms with van der Waals surface area (Å²) in [5.41, 5.74) is 5.15. The van der Waals surface area contributed by atoms with Gasteiger partial charge in [-0.15, -0.1) is 0 Å². The highest BCUT2D eigenvalue weighted by Crippen LogP contribution is 2.26. The molecule has 4 rings (SSSR count). The van der Waals surface area contributed by atoms with Gasteiger partial charge in [0.1, 0.15) is 11.6 Å². The zero-order valence-electron chi connectivity index (χ0n) is 20.3. The van der Waals surface area contributed by atoms with E-state index in [2.05, 4.69) is 41.9 Å². The molecule has 34 heavy (non-hydrogen) atoms. The molecule has 0 unspecified atom stereocenters. The van der Waals surface area contributed by atoms with Crippen LogP contribution >= 0.6 is 0 Å². The Morgan fingerprint density at radius 1 is 1.00 bits per heavy atom. The molecule has 1 aromatic heterocycles. The summed E-state index contributed by atoms with van der Waals surface area (Å²) in [5.74, 6) is 2.32. The summed E-state index contributed by atoms with van der Waals surface area (Å²) in [6.45, 7) is 8.37. The van der Waals surface area contributed by atoms with Gasteiger partial charge < -0.3 is 14.6 Å². The maximum atomic E-state index is 12.5. The minimum atomic E-state index is -0.0557. The van der Waals surface area contributed by atoms with Crippen molar-refractivity contribution in [2.24, 2.45) is 0 Å². The van der Waals surface area contributed by atoms with Gasteiger partial charge in [0.05, 0.1) is 17.6 Å². The van der Waals surface area contributed by atoms with Crippen LogP contribution in [-0.2, 0) is 13.0 Å². The van der Waals surface area contributed by atoms with Crippen molar-refractivity contribution >= 4 is 16.9 Å². The van der Waals surface area contributed by atoms with Crippen LogP contribution in [0.15, 0.2) is 72.8 Å². The van der Waals surface area contributed by atoms with Crippen molar-refractivity contribution in [3.05, 3.63) is 95.3 Å². The van der Waals surface area contributed by atoms with Crippen LogP contribution in [0.2, 0.25) is 0 Å². The number of para-hydroxylation sites is 3. The number of benzene rings is 3. The van der Waals surface area contributed by atoms with Gasteiger partial charge in [-0.3, -0.25) is 4.79 Å². The van der Waals surface area contributed by atoms with E-state index in [1.165, 1.54) is 5.56 Å². The fourth-order valence-electron chi connectivity index (χ4n) is 4.15. The van der Waals surface area contributed by atoms with Crippen molar-refractivity contribution in [1.82, 2.24) is 14.9 Å². The summed E-state index contributed by atoms with van der Waals surface area (Å²) in [6.07, 6.45) is 1.54. The first kappa shape index (κ1) is 23.6. The Balaban J connectivity index is 1.38. The Morgan fingerprint density at radius 3 is 2.53 bits per heavy atom. The van der Waals surface area contributed by atoms with Gasteiger partial charge in [-0.1, -0.05) is 61.9 Å². The zero-order valence-corrected chi connectivity index (χ0v) is 20.3. The molecule has 1 amide bonds. The van der Waals surface area contributed by atoms with E-state index < -0.39 is 0 Å². The molecular weight excluding hydrogens is 422 g/mol. The molecule has 0 saturated heterocycles. The molecule has 176 valence electrons. The van der Waals surface area contributed by atoms with Crippen molar-refractivity contribution in [3.63, 3.8) is 0 Å². The molecule has 0 bridgehead atoms. The van der Waals surface area contributed by atoms with E-state index in [-0.39, 0.29) is 5.91 Å². The lowest BCUT2D eigenvalue weighted by Gasteiger charge is -2.14. The molecule has 0 aliphatic heterocycles. The zero-order chi connectivity index (χ0) is 23.9. The average molecular weight is 456 g/mol. The number of ether oxygens (including phenoxy) is 1. The highest BCUT2D eigenvalue weighted by molar-refractivity contribution is 5.94. The number of imidazole rings is 1. The average Bonchev–Trinajstić information content (AvgIpc) is 3.19. The molecule has 1 N–H and O–H groups in total. The second-order valence-corrected chi connectivity index (χ2v) is 8.93. The van der Waals surface area contributed by atoms with E-state index >= 15 is 0 Å². The lowest BCUT2D eigenvalue weighted by Crippen LogP contribution is -2.26. The number of hydrogen-bond donors (Lipinski definition) is 1. The minimum Gasteiger partial charge on any atom is -0.493 e. The maximum Gasteiger partial charge on any atom is 0.251 e. The molecule has 5 heteroatoms. The number of rotatable bonds is 10. The third-order valence-electron chi connectivity index (χ3n) is 6.01. The number of carbonyl (C=O) groups excluding carboxylic acids is 1. The Labute approximate surface area is 201 Å². The number of aromatic nitrogens is 2. The summed E-state index contributed by atoms with van der Waals surface area (Å²) >= 11 is 0. The van der Waals surface area contributed by atoms with E-state index in [9.17, 15) is 4.79 Å². The Morgan fingerprint density at radius 2 is 1.74 bits per heavy atom. The summed E-state index contributed by atoms with van der Waals surface area (Å²) in [5, 5.41) is 3.03. The highest BCUT2D eigenvalue weighted by Gasteiger charge is 2.12. The minimum absolute atomic E-state index is 0.0557. The van der Waals surface area contributed by atoms with E-state index in [1.54, 1.807) is 0 Å². The number of fused-ring (bicyclic) bond motifs is 1. The number of amides is 1. The van der Waals surface area contributed by atoms with Crippen LogP contribution in [0.25, 0.3) is 11.0 Å². The second kappa shape index (κ2) is 11.0. The third kappa shape index (κ3) is 5.66. The largest absolute Gasteiger partial charge is 0.493 e. The molecule has 0 saturated carbocycles. The highest BCUT2D eigenvalue weighted by atomic mass is 16.5. The van der Waals surface area contributed by atoms with Crippen LogP contribution in [0.5, 0.6) is 5.75 Å². The first-order chi connectivity index (χ1) is 16.5. The van der Waals surface area contributed by atoms with Crippen molar-refractivity contribution in [3.8, 4) is 5.75 Å². The maximum absolute atomic E-state index is 12.5. The van der Waals surface area contributed by atoms with Gasteiger partial charge >= 0.3 is 0 Å². The van der Waals surface area contributed by atoms with E-state index in [4.69, 9.17) is 9.72 Å². The van der Waals surface area contributed by atoms with Crippen LogP contribution in [-0.4, -0.2) is 28.6 Å². The molecule has 5 nitrogen and oxygen atoms in total. The van der Waals surface area contributed by atoms with E-state index in [0.29, 0.717) is 31.1 Å². The van der Waals surface area contributed by atoms with Gasteiger partial charge in [0.2, 0.25) is 0 Å². The van der Waals surface area contributed by atoms with Gasteiger partial charge in [-0.05, 0) is 55.2 Å². The normalized spacial score (nSPS) is 11.2. The summed E-state index contributed by atoms with van der Waals surface area (Å²) < 4.78 is 8.38. The first-order valence-corrected chi connectivity index (χ1v) is 12.0. The van der Waals surface area contributed by atoms with Crippen LogP contribution in [0.1, 0.15) is 53.5 Å². The quantitative estimate of drug-likeness (QED) is 0.303. The number of aryl methyl sites for hydroxylation is 2. The molecular formula is C29H33N3O2. The lowest BCUT2D eigenvalue weighted by molar-refractivity contribution is 0.0954. The number of carbonyl (C=O) groups is 1. The molecule has 0 spiro atoms. The summed E-state index contributed by atoms with van der Waals surface area (Å²) in [6, 6.07) is 24.1. The van der Waals surface area contributed by atoms with Crippen LogP contribution in [0.4, 0.5) is 0 Å². The number of nitrogens with zero attached hydrogens (tertiary/aromatic N) is 2. The molecule has 4 aromatic rings. The molecule has 0 aliphatic rings. The molecule has 0 radical (unpaired) electrons. The molecule has 3 aromatic carbocycles. The Kier molecular flexibility index (Phi) is 7.63. The SMILES string of the molecule is Cc1ccc(C(=O)NCCc2nc3ccccc3n2CCCOc2ccccc2C(C)C)cc1. The fourth-order valence-corrected chi connectivity index (χ4v) is 4.15. The molecule has 1 heterocycles. The van der Waals surface area contributed by atoms with Gasteiger partial charge in [0.15, 0.2) is 0 Å². The standard InChI is InChI=1S/C29H33N3O2/c1-21(2)24-9-4-7-12-27(24)34-20-8-19-32-26-11-6-5-10-25(26)31-28(32)17-18-30-29(33)23-15-13-22(3)14-16-23/h4-7,9-16,21H,8,17-20H2,1-3H3,(H,30,33). The number of nitrogens with one attached hydrogen (secondary N) is 1. The van der Waals surface area contributed by atoms with Gasteiger partial charge in [-0.2, -0.15) is 0 Å². The summed E-state index contributed by atoms with van der Waals surface area (Å²) in [4.78, 5) is 17.3. The van der Waals surface area contributed by atoms with Gasteiger partial charge in [0, 0.05) is 25.1 Å². The van der Waals surface area contributed by atoms with Crippen molar-refractivity contribution in [2.75, 3.05) is 13.2 Å². The third-order valence-corrected chi connectivity index (χ3v) is 6.01. The van der Waals surface area contributed by atoms with Crippen LogP contribution < -0.4 is 10.1 Å². The van der Waals surface area contributed by atoms with Crippen molar-refractivity contribution < 1.29 is 9.53 Å². The summed E-state index contributed by atoms with van der Waals surface area (Å²) in [7, 11) is 0. The van der Waals surface area contributed by atoms with Crippen LogP contribution in [0.3, 0.4) is 0 Å². The number of hydrogen-bond acceptors (Lipinski definition) is 3. The van der Waals surface area contributed by atoms with Crippen molar-refractivity contribution in [2.45, 2.75) is 46.1 Å². The molecule has 0 fully saturated rings.